The Hall–Kier alpha value is -0.680. The molecule has 6 nitrogen and oxygen atoms in total. The predicted molar refractivity (Wildman–Crippen MR) is 89.8 cm³/mol. The van der Waals surface area contributed by atoms with Crippen LogP contribution in [0.2, 0.25) is 0 Å². The summed E-state index contributed by atoms with van der Waals surface area (Å²) in [7, 11) is -1.87. The number of hydrogen-bond donors (Lipinski definition) is 0. The topological polar surface area (TPSA) is 67.4 Å². The monoisotopic (exact) mass is 348 g/mol. The van der Waals surface area contributed by atoms with Crippen LogP contribution < -0.4 is 9.46 Å². The Labute approximate surface area is 141 Å². The lowest BCUT2D eigenvalue weighted by Gasteiger charge is -2.20. The lowest BCUT2D eigenvalue weighted by Crippen LogP contribution is -2.24. The minimum absolute atomic E-state index is 0.126. The highest BCUT2D eigenvalue weighted by atomic mass is 31.2. The second-order valence-corrected chi connectivity index (χ2v) is 6.89. The van der Waals surface area contributed by atoms with E-state index in [2.05, 4.69) is 57.8 Å². The van der Waals surface area contributed by atoms with Gasteiger partial charge in [-0.3, -0.25) is 4.57 Å². The molecule has 0 aliphatic heterocycles. The third-order valence-corrected chi connectivity index (χ3v) is 4.56. The van der Waals surface area contributed by atoms with E-state index in [9.17, 15) is 9.46 Å². The maximum absolute atomic E-state index is 10.4. The van der Waals surface area contributed by atoms with E-state index in [1.807, 2.05) is 0 Å². The molecule has 0 spiro atoms. The third kappa shape index (κ3) is 11.5. The fraction of sp³-hybridized carbons (Fsp3) is 0.812. The minimum atomic E-state index is -3.94. The fourth-order valence-corrected chi connectivity index (χ4v) is 2.89. The van der Waals surface area contributed by atoms with E-state index in [-0.39, 0.29) is 13.2 Å². The van der Waals surface area contributed by atoms with Crippen LogP contribution in [0.3, 0.4) is 0 Å². The van der Waals surface area contributed by atoms with E-state index in [4.69, 9.17) is 0 Å². The Kier molecular flexibility index (Phi) is 12.3. The van der Waals surface area contributed by atoms with Crippen molar-refractivity contribution in [3.8, 4) is 0 Å². The molecule has 1 aromatic heterocycles. The van der Waals surface area contributed by atoms with E-state index in [0.717, 1.165) is 5.92 Å². The predicted octanol–water partition coefficient (Wildman–Crippen LogP) is 3.06. The molecule has 0 fully saturated rings. The number of unbranched alkanes of at least 4 members (excludes halogenated alkanes) is 1. The van der Waals surface area contributed by atoms with Gasteiger partial charge in [-0.15, -0.1) is 0 Å². The van der Waals surface area contributed by atoms with Gasteiger partial charge in [-0.05, 0) is 32.6 Å². The number of imidazole rings is 1. The number of rotatable bonds is 10. The minimum Gasteiger partial charge on any atom is -0.756 e. The van der Waals surface area contributed by atoms with Gasteiger partial charge in [0, 0.05) is 0 Å². The summed E-state index contributed by atoms with van der Waals surface area (Å²) in [5, 5.41) is 0. The first kappa shape index (κ1) is 22.3. The molecule has 136 valence electrons. The van der Waals surface area contributed by atoms with Crippen LogP contribution in [-0.2, 0) is 27.2 Å². The molecule has 0 aromatic carbocycles. The zero-order valence-corrected chi connectivity index (χ0v) is 16.1. The molecule has 23 heavy (non-hydrogen) atoms. The Balaban J connectivity index is 0.000000468. The molecule has 1 rings (SSSR count). The van der Waals surface area contributed by atoms with Crippen molar-refractivity contribution >= 4 is 7.82 Å². The number of phosphoric ester groups is 1. The molecule has 0 aliphatic rings. The summed E-state index contributed by atoms with van der Waals surface area (Å²) in [4.78, 5) is 10.4. The van der Waals surface area contributed by atoms with Crippen molar-refractivity contribution in [1.29, 1.82) is 0 Å². The summed E-state index contributed by atoms with van der Waals surface area (Å²) >= 11 is 0. The molecule has 1 atom stereocenters. The van der Waals surface area contributed by atoms with Gasteiger partial charge in [0.25, 0.3) is 7.82 Å². The van der Waals surface area contributed by atoms with E-state index in [1.165, 1.54) is 32.2 Å². The highest BCUT2D eigenvalue weighted by molar-refractivity contribution is 7.45. The van der Waals surface area contributed by atoms with Gasteiger partial charge in [0.2, 0.25) is 6.33 Å². The average Bonchev–Trinajstić information content (AvgIpc) is 2.89. The summed E-state index contributed by atoms with van der Waals surface area (Å²) in [6, 6.07) is 0. The third-order valence-electron chi connectivity index (χ3n) is 3.41. The fourth-order valence-electron chi connectivity index (χ4n) is 2.18. The van der Waals surface area contributed by atoms with Gasteiger partial charge in [0.05, 0.1) is 26.8 Å². The Morgan fingerprint density at radius 3 is 2.22 bits per heavy atom. The van der Waals surface area contributed by atoms with Crippen molar-refractivity contribution in [3.63, 3.8) is 0 Å². The Morgan fingerprint density at radius 2 is 1.83 bits per heavy atom. The molecule has 0 N–H and O–H groups in total. The van der Waals surface area contributed by atoms with Crippen molar-refractivity contribution in [2.45, 2.75) is 59.9 Å². The summed E-state index contributed by atoms with van der Waals surface area (Å²) < 4.78 is 23.3. The second kappa shape index (κ2) is 12.7. The molecule has 0 saturated carbocycles. The number of phosphoric acid groups is 1. The van der Waals surface area contributed by atoms with Gasteiger partial charge in [-0.1, -0.05) is 26.7 Å². The molecule has 0 saturated heterocycles. The standard InChI is InChI=1S/C12H23N2.C4H11O4P/c1-4-6-7-12(5-2)10-14-9-8-13(3)11-14;1-3-7-9(5,6)8-4-2/h8-9,11-12H,4-7,10H2,1-3H3;3-4H2,1-2H3,(H,5,6)/q+1;/p-1. The zero-order valence-electron chi connectivity index (χ0n) is 15.2. The van der Waals surface area contributed by atoms with E-state index in [1.54, 1.807) is 13.8 Å². The number of aryl methyl sites for hydroxylation is 1. The molecule has 1 aromatic rings. The second-order valence-electron chi connectivity index (χ2n) is 5.48. The summed E-state index contributed by atoms with van der Waals surface area (Å²) in [5.41, 5.74) is 0. The zero-order chi connectivity index (χ0) is 17.7. The maximum atomic E-state index is 10.4. The van der Waals surface area contributed by atoms with Crippen molar-refractivity contribution in [2.24, 2.45) is 13.0 Å². The first-order chi connectivity index (χ1) is 10.9. The van der Waals surface area contributed by atoms with Crippen molar-refractivity contribution in [2.75, 3.05) is 13.2 Å². The summed E-state index contributed by atoms with van der Waals surface area (Å²) in [6.45, 7) is 9.16. The summed E-state index contributed by atoms with van der Waals surface area (Å²) in [6.07, 6.45) is 11.8. The van der Waals surface area contributed by atoms with Crippen molar-refractivity contribution < 1.29 is 23.1 Å². The van der Waals surface area contributed by atoms with Crippen LogP contribution in [0.1, 0.15) is 53.4 Å². The molecule has 1 heterocycles. The Bertz CT molecular complexity index is 441. The van der Waals surface area contributed by atoms with Gasteiger partial charge in [-0.25, -0.2) is 9.13 Å². The number of aromatic nitrogens is 2. The quantitative estimate of drug-likeness (QED) is 0.481. The van der Waals surface area contributed by atoms with Crippen LogP contribution in [0, 0.1) is 5.92 Å². The molecular formula is C16H33N2O4P. The van der Waals surface area contributed by atoms with Crippen LogP contribution in [0.15, 0.2) is 18.7 Å². The normalized spacial score (nSPS) is 12.6. The van der Waals surface area contributed by atoms with Gasteiger partial charge in [0.15, 0.2) is 0 Å². The molecule has 0 radical (unpaired) electrons. The van der Waals surface area contributed by atoms with Crippen molar-refractivity contribution in [3.05, 3.63) is 18.7 Å². The maximum Gasteiger partial charge on any atom is 0.267 e. The van der Waals surface area contributed by atoms with Crippen LogP contribution in [0.4, 0.5) is 0 Å². The average molecular weight is 348 g/mol. The molecule has 0 amide bonds. The highest BCUT2D eigenvalue weighted by Crippen LogP contribution is 2.37. The Morgan fingerprint density at radius 1 is 1.22 bits per heavy atom. The molecule has 0 bridgehead atoms. The molecule has 1 unspecified atom stereocenters. The first-order valence-corrected chi connectivity index (χ1v) is 9.95. The van der Waals surface area contributed by atoms with Crippen molar-refractivity contribution in [1.82, 2.24) is 4.57 Å². The molecule has 0 aliphatic carbocycles. The van der Waals surface area contributed by atoms with E-state index < -0.39 is 7.82 Å². The smallest absolute Gasteiger partial charge is 0.267 e. The highest BCUT2D eigenvalue weighted by Gasteiger charge is 2.10. The van der Waals surface area contributed by atoms with Crippen LogP contribution >= 0.6 is 7.82 Å². The summed E-state index contributed by atoms with van der Waals surface area (Å²) in [5.74, 6) is 0.849. The van der Waals surface area contributed by atoms with Crippen LogP contribution in [0.25, 0.3) is 0 Å². The van der Waals surface area contributed by atoms with Gasteiger partial charge < -0.3 is 13.9 Å². The van der Waals surface area contributed by atoms with Gasteiger partial charge in [-0.2, -0.15) is 0 Å². The molecular weight excluding hydrogens is 315 g/mol. The SMILES string of the molecule is CCCCC(CC)Cn1cc[n+](C)c1.CCOP(=O)([O-])OCC. The first-order valence-electron chi connectivity index (χ1n) is 8.49. The van der Waals surface area contributed by atoms with Gasteiger partial charge in [0.1, 0.15) is 12.4 Å². The van der Waals surface area contributed by atoms with E-state index in [0.29, 0.717) is 0 Å². The number of hydrogen-bond acceptors (Lipinski definition) is 4. The van der Waals surface area contributed by atoms with Gasteiger partial charge >= 0.3 is 0 Å². The van der Waals surface area contributed by atoms with E-state index >= 15 is 0 Å². The lowest BCUT2D eigenvalue weighted by atomic mass is 9.99. The molecule has 7 heteroatoms. The van der Waals surface area contributed by atoms with Crippen LogP contribution in [-0.4, -0.2) is 17.8 Å². The van der Waals surface area contributed by atoms with Crippen LogP contribution in [0.5, 0.6) is 0 Å². The lowest BCUT2D eigenvalue weighted by molar-refractivity contribution is -0.671. The number of nitrogens with zero attached hydrogens (tertiary/aromatic N) is 2. The largest absolute Gasteiger partial charge is 0.756 e.